The largest absolute Gasteiger partial charge is 0.365 e. The molecular weight excluding hydrogens is 138 g/mol. The van der Waals surface area contributed by atoms with Crippen molar-refractivity contribution in [2.24, 2.45) is 0 Å². The summed E-state index contributed by atoms with van der Waals surface area (Å²) in [5.41, 5.74) is 1.30. The molecule has 1 fully saturated rings. The summed E-state index contributed by atoms with van der Waals surface area (Å²) in [6.07, 6.45) is 4.68. The third kappa shape index (κ3) is 1.03. The first-order valence-electron chi connectivity index (χ1n) is 3.92. The predicted molar refractivity (Wildman–Crippen MR) is 42.2 cm³/mol. The Morgan fingerprint density at radius 3 is 2.64 bits per heavy atom. The van der Waals surface area contributed by atoms with Crippen LogP contribution in [0.15, 0.2) is 24.5 Å². The molecule has 1 aromatic rings. The maximum absolute atomic E-state index is 5.40. The Labute approximate surface area is 66.2 Å². The number of aromatic nitrogens is 1. The molecular formula is C9H11NO. The van der Waals surface area contributed by atoms with E-state index in [1.807, 2.05) is 24.5 Å². The van der Waals surface area contributed by atoms with Crippen LogP contribution in [0.2, 0.25) is 0 Å². The van der Waals surface area contributed by atoms with E-state index in [0.29, 0.717) is 0 Å². The first-order chi connectivity index (χ1) is 5.37. The Bertz CT molecular complexity index is 241. The van der Waals surface area contributed by atoms with Crippen LogP contribution < -0.4 is 0 Å². The molecule has 2 heterocycles. The lowest BCUT2D eigenvalue weighted by molar-refractivity contribution is 0.301. The van der Waals surface area contributed by atoms with Crippen LogP contribution in [0.4, 0.5) is 0 Å². The summed E-state index contributed by atoms with van der Waals surface area (Å²) in [5, 5.41) is 0. The summed E-state index contributed by atoms with van der Waals surface area (Å²) in [6, 6.07) is 4.05. The molecule has 0 bridgehead atoms. The van der Waals surface area contributed by atoms with Gasteiger partial charge >= 0.3 is 0 Å². The summed E-state index contributed by atoms with van der Waals surface area (Å²) in [6.45, 7) is 3.01. The van der Waals surface area contributed by atoms with E-state index < -0.39 is 0 Å². The summed E-state index contributed by atoms with van der Waals surface area (Å²) in [5.74, 6) is 0. The van der Waals surface area contributed by atoms with E-state index in [1.165, 1.54) is 5.56 Å². The molecule has 0 spiro atoms. The van der Waals surface area contributed by atoms with E-state index in [4.69, 9.17) is 4.74 Å². The predicted octanol–water partition coefficient (Wildman–Crippen LogP) is 1.72. The second kappa shape index (κ2) is 2.31. The smallest absolute Gasteiger partial charge is 0.116 e. The molecule has 1 saturated heterocycles. The third-order valence-electron chi connectivity index (χ3n) is 2.27. The Morgan fingerprint density at radius 1 is 1.55 bits per heavy atom. The Hall–Kier alpha value is -0.890. The summed E-state index contributed by atoms with van der Waals surface area (Å²) < 4.78 is 5.40. The van der Waals surface area contributed by atoms with E-state index in [-0.39, 0.29) is 5.60 Å². The molecule has 0 aromatic carbocycles. The minimum atomic E-state index is 0.0446. The number of hydrogen-bond acceptors (Lipinski definition) is 2. The topological polar surface area (TPSA) is 25.4 Å². The maximum Gasteiger partial charge on any atom is 0.116 e. The molecule has 58 valence electrons. The fourth-order valence-corrected chi connectivity index (χ4v) is 1.32. The molecule has 0 unspecified atom stereocenters. The lowest BCUT2D eigenvalue weighted by atomic mass is 9.99. The average molecular weight is 149 g/mol. The van der Waals surface area contributed by atoms with Gasteiger partial charge in [-0.3, -0.25) is 4.98 Å². The van der Waals surface area contributed by atoms with Crippen LogP contribution in [0.3, 0.4) is 0 Å². The molecule has 0 aliphatic carbocycles. The zero-order valence-electron chi connectivity index (χ0n) is 6.58. The number of rotatable bonds is 2. The molecule has 0 saturated carbocycles. The van der Waals surface area contributed by atoms with Crippen molar-refractivity contribution in [1.82, 2.24) is 4.98 Å². The van der Waals surface area contributed by atoms with Crippen molar-refractivity contribution in [3.8, 4) is 0 Å². The molecule has 2 heteroatoms. The van der Waals surface area contributed by atoms with Gasteiger partial charge in [-0.25, -0.2) is 0 Å². The molecule has 1 aromatic heterocycles. The van der Waals surface area contributed by atoms with Crippen LogP contribution in [0.5, 0.6) is 0 Å². The lowest BCUT2D eigenvalue weighted by Gasteiger charge is -2.07. The Kier molecular flexibility index (Phi) is 1.43. The second-order valence-corrected chi connectivity index (χ2v) is 2.87. The van der Waals surface area contributed by atoms with Crippen molar-refractivity contribution in [2.75, 3.05) is 6.61 Å². The first kappa shape index (κ1) is 6.80. The first-order valence-corrected chi connectivity index (χ1v) is 3.92. The van der Waals surface area contributed by atoms with E-state index >= 15 is 0 Å². The van der Waals surface area contributed by atoms with Gasteiger partial charge in [0.05, 0.1) is 6.61 Å². The van der Waals surface area contributed by atoms with E-state index in [0.717, 1.165) is 13.0 Å². The van der Waals surface area contributed by atoms with Gasteiger partial charge in [0.1, 0.15) is 5.60 Å². The highest BCUT2D eigenvalue weighted by Gasteiger charge is 2.44. The average Bonchev–Trinajstić information content (AvgIpc) is 2.86. The van der Waals surface area contributed by atoms with Gasteiger partial charge in [-0.15, -0.1) is 0 Å². The summed E-state index contributed by atoms with van der Waals surface area (Å²) in [4.78, 5) is 3.97. The minimum Gasteiger partial charge on any atom is -0.365 e. The van der Waals surface area contributed by atoms with Crippen molar-refractivity contribution >= 4 is 0 Å². The highest BCUT2D eigenvalue weighted by Crippen LogP contribution is 2.41. The van der Waals surface area contributed by atoms with Crippen LogP contribution in [-0.4, -0.2) is 11.6 Å². The fourth-order valence-electron chi connectivity index (χ4n) is 1.32. The van der Waals surface area contributed by atoms with E-state index in [2.05, 4.69) is 11.9 Å². The second-order valence-electron chi connectivity index (χ2n) is 2.87. The highest BCUT2D eigenvalue weighted by atomic mass is 16.6. The van der Waals surface area contributed by atoms with Gasteiger partial charge in [0.2, 0.25) is 0 Å². The van der Waals surface area contributed by atoms with Crippen LogP contribution in [0.25, 0.3) is 0 Å². The third-order valence-corrected chi connectivity index (χ3v) is 2.27. The number of ether oxygens (including phenoxy) is 1. The number of pyridine rings is 1. The van der Waals surface area contributed by atoms with Gasteiger partial charge in [-0.1, -0.05) is 6.92 Å². The highest BCUT2D eigenvalue weighted by molar-refractivity contribution is 5.23. The molecule has 0 radical (unpaired) electrons. The molecule has 2 nitrogen and oxygen atoms in total. The minimum absolute atomic E-state index is 0.0446. The SMILES string of the molecule is CC[C@]1(c2ccncc2)CO1. The zero-order valence-corrected chi connectivity index (χ0v) is 6.58. The van der Waals surface area contributed by atoms with Crippen molar-refractivity contribution in [2.45, 2.75) is 18.9 Å². The monoisotopic (exact) mass is 149 g/mol. The maximum atomic E-state index is 5.40. The number of hydrogen-bond donors (Lipinski definition) is 0. The van der Waals surface area contributed by atoms with Crippen LogP contribution in [0.1, 0.15) is 18.9 Å². The molecule has 1 aliphatic rings. The van der Waals surface area contributed by atoms with Gasteiger partial charge < -0.3 is 4.74 Å². The Balaban J connectivity index is 2.30. The molecule has 11 heavy (non-hydrogen) atoms. The van der Waals surface area contributed by atoms with Crippen molar-refractivity contribution in [1.29, 1.82) is 0 Å². The number of nitrogens with zero attached hydrogens (tertiary/aromatic N) is 1. The molecule has 1 atom stereocenters. The summed E-state index contributed by atoms with van der Waals surface area (Å²) >= 11 is 0. The molecule has 0 N–H and O–H groups in total. The van der Waals surface area contributed by atoms with Crippen molar-refractivity contribution < 1.29 is 4.74 Å². The van der Waals surface area contributed by atoms with Gasteiger partial charge in [0.15, 0.2) is 0 Å². The summed E-state index contributed by atoms with van der Waals surface area (Å²) in [7, 11) is 0. The van der Waals surface area contributed by atoms with Gasteiger partial charge in [0, 0.05) is 12.4 Å². The standard InChI is InChI=1S/C9H11NO/c1-2-9(7-11-9)8-3-5-10-6-4-8/h3-6H,2,7H2,1H3/t9-/m1/s1. The molecule has 1 aliphatic heterocycles. The van der Waals surface area contributed by atoms with Gasteiger partial charge in [0.25, 0.3) is 0 Å². The normalized spacial score (nSPS) is 28.5. The van der Waals surface area contributed by atoms with Crippen LogP contribution in [0, 0.1) is 0 Å². The molecule has 2 rings (SSSR count). The lowest BCUT2D eigenvalue weighted by Crippen LogP contribution is -2.05. The Morgan fingerprint density at radius 2 is 2.18 bits per heavy atom. The van der Waals surface area contributed by atoms with Crippen LogP contribution in [-0.2, 0) is 10.3 Å². The van der Waals surface area contributed by atoms with Gasteiger partial charge in [-0.2, -0.15) is 0 Å². The zero-order chi connectivity index (χ0) is 7.73. The van der Waals surface area contributed by atoms with E-state index in [1.54, 1.807) is 0 Å². The fraction of sp³-hybridized carbons (Fsp3) is 0.444. The van der Waals surface area contributed by atoms with E-state index in [9.17, 15) is 0 Å². The quantitative estimate of drug-likeness (QED) is 0.598. The van der Waals surface area contributed by atoms with Crippen molar-refractivity contribution in [3.63, 3.8) is 0 Å². The molecule has 0 amide bonds. The number of epoxide rings is 1. The van der Waals surface area contributed by atoms with Crippen LogP contribution >= 0.6 is 0 Å². The van der Waals surface area contributed by atoms with Crippen molar-refractivity contribution in [3.05, 3.63) is 30.1 Å². The van der Waals surface area contributed by atoms with Gasteiger partial charge in [-0.05, 0) is 24.1 Å².